The van der Waals surface area contributed by atoms with Gasteiger partial charge < -0.3 is 20.5 Å². The zero-order valence-corrected chi connectivity index (χ0v) is 20.4. The van der Waals surface area contributed by atoms with Crippen LogP contribution in [0.5, 0.6) is 0 Å². The molecule has 7 nitrogen and oxygen atoms in total. The maximum Gasteiger partial charge on any atom is 0.303 e. The number of hydrogen-bond acceptors (Lipinski definition) is 4. The fourth-order valence-corrected chi connectivity index (χ4v) is 3.62. The van der Waals surface area contributed by atoms with E-state index in [9.17, 15) is 14.4 Å². The molecule has 188 valence electrons. The van der Waals surface area contributed by atoms with Crippen molar-refractivity contribution in [1.29, 1.82) is 0 Å². The highest BCUT2D eigenvalue weighted by atomic mass is 16.5. The van der Waals surface area contributed by atoms with Gasteiger partial charge in [0, 0.05) is 26.4 Å². The Morgan fingerprint density at radius 1 is 0.625 bits per heavy atom. The standard InChI is InChI=1S/C25H48N2O5/c1-26-24(29)22-32-21-20-27-23(28)18-16-14-12-10-8-6-4-2-3-5-7-9-11-13-15-17-19-25(30)31/h2-22H2,1H3,(H,26,29)(H,27,28)(H,30,31). The first kappa shape index (κ1) is 30.4. The van der Waals surface area contributed by atoms with Crippen molar-refractivity contribution in [3.05, 3.63) is 0 Å². The summed E-state index contributed by atoms with van der Waals surface area (Å²) in [5, 5.41) is 13.9. The van der Waals surface area contributed by atoms with Crippen LogP contribution in [0.15, 0.2) is 0 Å². The van der Waals surface area contributed by atoms with Crippen molar-refractivity contribution in [3.63, 3.8) is 0 Å². The van der Waals surface area contributed by atoms with Gasteiger partial charge in [0.1, 0.15) is 6.61 Å². The van der Waals surface area contributed by atoms with Gasteiger partial charge in [-0.05, 0) is 12.8 Å². The summed E-state index contributed by atoms with van der Waals surface area (Å²) in [5.41, 5.74) is 0. The molecule has 0 unspecified atom stereocenters. The van der Waals surface area contributed by atoms with Crippen molar-refractivity contribution in [1.82, 2.24) is 10.6 Å². The van der Waals surface area contributed by atoms with Crippen LogP contribution in [0.3, 0.4) is 0 Å². The molecule has 2 amide bonds. The molecular formula is C25H48N2O5. The summed E-state index contributed by atoms with van der Waals surface area (Å²) in [7, 11) is 1.57. The molecule has 0 rings (SSSR count). The van der Waals surface area contributed by atoms with E-state index in [0.29, 0.717) is 26.0 Å². The highest BCUT2D eigenvalue weighted by Crippen LogP contribution is 2.14. The maximum absolute atomic E-state index is 11.7. The Balaban J connectivity index is 3.16. The highest BCUT2D eigenvalue weighted by Gasteiger charge is 2.02. The lowest BCUT2D eigenvalue weighted by molar-refractivity contribution is -0.137. The number of carboxylic acids is 1. The predicted octanol–water partition coefficient (Wildman–Crippen LogP) is 4.97. The van der Waals surface area contributed by atoms with Crippen LogP contribution in [0.25, 0.3) is 0 Å². The number of amides is 2. The van der Waals surface area contributed by atoms with Gasteiger partial charge in [-0.15, -0.1) is 0 Å². The van der Waals surface area contributed by atoms with Crippen LogP contribution in [0.1, 0.15) is 116 Å². The van der Waals surface area contributed by atoms with Crippen molar-refractivity contribution < 1.29 is 24.2 Å². The van der Waals surface area contributed by atoms with Crippen LogP contribution in [-0.2, 0) is 19.1 Å². The molecule has 0 saturated carbocycles. The van der Waals surface area contributed by atoms with Crippen LogP contribution in [-0.4, -0.2) is 49.7 Å². The number of ether oxygens (including phenoxy) is 1. The van der Waals surface area contributed by atoms with Gasteiger partial charge in [-0.25, -0.2) is 0 Å². The molecule has 0 saturated heterocycles. The van der Waals surface area contributed by atoms with E-state index in [1.807, 2.05) is 0 Å². The van der Waals surface area contributed by atoms with E-state index in [0.717, 1.165) is 25.7 Å². The summed E-state index contributed by atoms with van der Waals surface area (Å²) >= 11 is 0. The maximum atomic E-state index is 11.7. The van der Waals surface area contributed by atoms with Gasteiger partial charge in [0.2, 0.25) is 11.8 Å². The topological polar surface area (TPSA) is 105 Å². The number of rotatable bonds is 24. The van der Waals surface area contributed by atoms with Gasteiger partial charge >= 0.3 is 5.97 Å². The van der Waals surface area contributed by atoms with Gasteiger partial charge in [0.15, 0.2) is 0 Å². The molecule has 0 aromatic heterocycles. The van der Waals surface area contributed by atoms with Crippen LogP contribution in [0.2, 0.25) is 0 Å². The number of carbonyl (C=O) groups is 3. The number of nitrogens with one attached hydrogen (secondary N) is 2. The molecule has 0 radical (unpaired) electrons. The average Bonchev–Trinajstić information content (AvgIpc) is 2.77. The first-order valence-corrected chi connectivity index (χ1v) is 12.8. The minimum Gasteiger partial charge on any atom is -0.481 e. The second-order valence-electron chi connectivity index (χ2n) is 8.63. The fourth-order valence-electron chi connectivity index (χ4n) is 3.62. The normalized spacial score (nSPS) is 10.8. The molecule has 0 fully saturated rings. The van der Waals surface area contributed by atoms with E-state index < -0.39 is 5.97 Å². The Kier molecular flexibility index (Phi) is 22.8. The summed E-state index contributed by atoms with van der Waals surface area (Å²) in [5.74, 6) is -0.775. The molecule has 0 atom stereocenters. The van der Waals surface area contributed by atoms with E-state index in [2.05, 4.69) is 10.6 Å². The summed E-state index contributed by atoms with van der Waals surface area (Å²) in [6.07, 6.45) is 20.2. The SMILES string of the molecule is CNC(=O)COCCNC(=O)CCCCCCCCCCCCCCCCCCC(=O)O. The number of carbonyl (C=O) groups excluding carboxylic acids is 2. The smallest absolute Gasteiger partial charge is 0.303 e. The molecule has 0 aliphatic carbocycles. The summed E-state index contributed by atoms with van der Waals surface area (Å²) in [6.45, 7) is 0.838. The Bertz CT molecular complexity index is 471. The van der Waals surface area contributed by atoms with E-state index in [1.54, 1.807) is 7.05 Å². The highest BCUT2D eigenvalue weighted by molar-refractivity contribution is 5.77. The van der Waals surface area contributed by atoms with Crippen LogP contribution < -0.4 is 10.6 Å². The van der Waals surface area contributed by atoms with Gasteiger partial charge in [-0.2, -0.15) is 0 Å². The Labute approximate surface area is 195 Å². The lowest BCUT2D eigenvalue weighted by atomic mass is 10.0. The zero-order chi connectivity index (χ0) is 23.7. The predicted molar refractivity (Wildman–Crippen MR) is 129 cm³/mol. The quantitative estimate of drug-likeness (QED) is 0.178. The largest absolute Gasteiger partial charge is 0.481 e. The van der Waals surface area contributed by atoms with Crippen molar-refractivity contribution in [2.45, 2.75) is 116 Å². The Morgan fingerprint density at radius 3 is 1.44 bits per heavy atom. The van der Waals surface area contributed by atoms with Crippen LogP contribution in [0.4, 0.5) is 0 Å². The molecular weight excluding hydrogens is 408 g/mol. The summed E-state index contributed by atoms with van der Waals surface area (Å²) in [6, 6.07) is 0. The average molecular weight is 457 g/mol. The minimum absolute atomic E-state index is 0.0329. The molecule has 0 aliphatic rings. The third kappa shape index (κ3) is 24.6. The van der Waals surface area contributed by atoms with E-state index in [1.165, 1.54) is 77.0 Å². The second-order valence-corrected chi connectivity index (χ2v) is 8.63. The Hall–Kier alpha value is -1.63. The van der Waals surface area contributed by atoms with Gasteiger partial charge in [0.25, 0.3) is 0 Å². The van der Waals surface area contributed by atoms with Crippen molar-refractivity contribution in [3.8, 4) is 0 Å². The lowest BCUT2D eigenvalue weighted by Gasteiger charge is -2.06. The number of aliphatic carboxylic acids is 1. The second kappa shape index (κ2) is 24.0. The van der Waals surface area contributed by atoms with Crippen molar-refractivity contribution in [2.75, 3.05) is 26.8 Å². The molecule has 3 N–H and O–H groups in total. The van der Waals surface area contributed by atoms with Gasteiger partial charge in [0.05, 0.1) is 6.61 Å². The molecule has 0 aromatic rings. The number of hydrogen-bond donors (Lipinski definition) is 3. The third-order valence-corrected chi connectivity index (χ3v) is 5.63. The van der Waals surface area contributed by atoms with Crippen molar-refractivity contribution >= 4 is 17.8 Å². The molecule has 0 bridgehead atoms. The monoisotopic (exact) mass is 456 g/mol. The molecule has 0 heterocycles. The van der Waals surface area contributed by atoms with Crippen LogP contribution in [0, 0.1) is 0 Å². The summed E-state index contributed by atoms with van der Waals surface area (Å²) in [4.78, 5) is 33.1. The van der Waals surface area contributed by atoms with Gasteiger partial charge in [-0.3, -0.25) is 14.4 Å². The molecule has 0 aliphatic heterocycles. The Morgan fingerprint density at radius 2 is 1.03 bits per heavy atom. The molecule has 32 heavy (non-hydrogen) atoms. The molecule has 0 aromatic carbocycles. The minimum atomic E-state index is -0.676. The van der Waals surface area contributed by atoms with Crippen molar-refractivity contribution in [2.24, 2.45) is 0 Å². The van der Waals surface area contributed by atoms with E-state index in [-0.39, 0.29) is 18.4 Å². The van der Waals surface area contributed by atoms with Gasteiger partial charge in [-0.1, -0.05) is 89.9 Å². The number of carboxylic acid groups (broad SMARTS) is 1. The van der Waals surface area contributed by atoms with Crippen LogP contribution >= 0.6 is 0 Å². The van der Waals surface area contributed by atoms with E-state index >= 15 is 0 Å². The molecule has 0 spiro atoms. The van der Waals surface area contributed by atoms with E-state index in [4.69, 9.17) is 9.84 Å². The molecule has 7 heteroatoms. The number of likely N-dealkylation sites (N-methyl/N-ethyl adjacent to an activating group) is 1. The first-order valence-electron chi connectivity index (χ1n) is 12.8. The fraction of sp³-hybridized carbons (Fsp3) is 0.880. The summed E-state index contributed by atoms with van der Waals surface area (Å²) < 4.78 is 5.14. The third-order valence-electron chi connectivity index (χ3n) is 5.63. The lowest BCUT2D eigenvalue weighted by Crippen LogP contribution is -2.29. The zero-order valence-electron chi connectivity index (χ0n) is 20.4. The number of unbranched alkanes of at least 4 members (excludes halogenated alkanes) is 15. The first-order chi connectivity index (χ1) is 15.6.